The van der Waals surface area contributed by atoms with Crippen molar-refractivity contribution >= 4 is 5.91 Å². The van der Waals surface area contributed by atoms with Gasteiger partial charge in [-0.3, -0.25) is 4.79 Å². The van der Waals surface area contributed by atoms with Gasteiger partial charge in [0.15, 0.2) is 6.10 Å². The Morgan fingerprint density at radius 3 is 2.56 bits per heavy atom. The predicted octanol–water partition coefficient (Wildman–Crippen LogP) is 2.29. The Morgan fingerprint density at radius 1 is 1.38 bits per heavy atom. The summed E-state index contributed by atoms with van der Waals surface area (Å²) in [5.74, 6) is 0.659. The summed E-state index contributed by atoms with van der Waals surface area (Å²) in [6, 6.07) is 7.68. The summed E-state index contributed by atoms with van der Waals surface area (Å²) >= 11 is 0. The summed E-state index contributed by atoms with van der Waals surface area (Å²) in [5, 5.41) is 2.80. The molecule has 1 aromatic rings. The van der Waals surface area contributed by atoms with E-state index in [9.17, 15) is 4.79 Å². The van der Waals surface area contributed by atoms with Crippen LogP contribution >= 0.6 is 0 Å². The zero-order valence-electron chi connectivity index (χ0n) is 10.1. The molecule has 1 N–H and O–H groups in total. The van der Waals surface area contributed by atoms with Gasteiger partial charge in [-0.05, 0) is 32.4 Å². The second kappa shape index (κ2) is 6.16. The van der Waals surface area contributed by atoms with Crippen molar-refractivity contribution in [2.24, 2.45) is 0 Å². The standard InChI is InChI=1S/C13H19NO2/c1-4-9-14-13(15)11(3)16-12-7-5-10(2)6-8-12/h5-8,11H,4,9H2,1-3H3,(H,14,15). The lowest BCUT2D eigenvalue weighted by atomic mass is 10.2. The first-order valence-corrected chi connectivity index (χ1v) is 5.64. The molecule has 0 heterocycles. The highest BCUT2D eigenvalue weighted by molar-refractivity contribution is 5.80. The maximum Gasteiger partial charge on any atom is 0.260 e. The van der Waals surface area contributed by atoms with Crippen LogP contribution in [0.15, 0.2) is 24.3 Å². The smallest absolute Gasteiger partial charge is 0.260 e. The minimum absolute atomic E-state index is 0.0672. The van der Waals surface area contributed by atoms with E-state index in [1.165, 1.54) is 5.56 Å². The number of benzene rings is 1. The number of nitrogens with one attached hydrogen (secondary N) is 1. The third-order valence-electron chi connectivity index (χ3n) is 2.25. The largest absolute Gasteiger partial charge is 0.481 e. The summed E-state index contributed by atoms with van der Waals surface area (Å²) < 4.78 is 5.52. The van der Waals surface area contributed by atoms with Gasteiger partial charge in [0.25, 0.3) is 5.91 Å². The second-order valence-corrected chi connectivity index (χ2v) is 3.86. The molecular weight excluding hydrogens is 202 g/mol. The van der Waals surface area contributed by atoms with Gasteiger partial charge >= 0.3 is 0 Å². The van der Waals surface area contributed by atoms with E-state index in [2.05, 4.69) is 5.32 Å². The molecule has 3 nitrogen and oxygen atoms in total. The number of carbonyl (C=O) groups is 1. The fraction of sp³-hybridized carbons (Fsp3) is 0.462. The Kier molecular flexibility index (Phi) is 4.83. The molecule has 16 heavy (non-hydrogen) atoms. The first-order valence-electron chi connectivity index (χ1n) is 5.64. The van der Waals surface area contributed by atoms with E-state index in [0.29, 0.717) is 6.54 Å². The number of rotatable bonds is 5. The van der Waals surface area contributed by atoms with Crippen molar-refractivity contribution in [3.63, 3.8) is 0 Å². The van der Waals surface area contributed by atoms with Crippen LogP contribution in [-0.2, 0) is 4.79 Å². The van der Waals surface area contributed by atoms with Crippen molar-refractivity contribution in [1.82, 2.24) is 5.32 Å². The lowest BCUT2D eigenvalue weighted by Crippen LogP contribution is -2.36. The van der Waals surface area contributed by atoms with Gasteiger partial charge in [-0.25, -0.2) is 0 Å². The molecule has 3 heteroatoms. The first kappa shape index (κ1) is 12.6. The van der Waals surface area contributed by atoms with Crippen LogP contribution in [0, 0.1) is 6.92 Å². The van der Waals surface area contributed by atoms with Crippen LogP contribution in [0.5, 0.6) is 5.75 Å². The molecule has 0 saturated carbocycles. The number of hydrogen-bond acceptors (Lipinski definition) is 2. The summed E-state index contributed by atoms with van der Waals surface area (Å²) in [6.07, 6.45) is 0.484. The molecule has 0 saturated heterocycles. The molecule has 0 aromatic heterocycles. The highest BCUT2D eigenvalue weighted by Gasteiger charge is 2.13. The molecule has 0 aliphatic rings. The molecule has 1 aromatic carbocycles. The number of ether oxygens (including phenoxy) is 1. The summed E-state index contributed by atoms with van der Waals surface area (Å²) in [7, 11) is 0. The SMILES string of the molecule is CCCNC(=O)C(C)Oc1ccc(C)cc1. The molecule has 0 aliphatic carbocycles. The number of aryl methyl sites for hydroxylation is 1. The minimum atomic E-state index is -0.450. The topological polar surface area (TPSA) is 38.3 Å². The summed E-state index contributed by atoms with van der Waals surface area (Å²) in [4.78, 5) is 11.5. The predicted molar refractivity (Wildman–Crippen MR) is 64.6 cm³/mol. The molecule has 0 fully saturated rings. The molecule has 1 amide bonds. The minimum Gasteiger partial charge on any atom is -0.481 e. The number of hydrogen-bond donors (Lipinski definition) is 1. The quantitative estimate of drug-likeness (QED) is 0.828. The lowest BCUT2D eigenvalue weighted by Gasteiger charge is -2.14. The fourth-order valence-electron chi connectivity index (χ4n) is 1.27. The Bertz CT molecular complexity index is 332. The maximum atomic E-state index is 11.5. The molecule has 88 valence electrons. The van der Waals surface area contributed by atoms with Crippen LogP contribution in [0.2, 0.25) is 0 Å². The van der Waals surface area contributed by atoms with Gasteiger partial charge in [-0.15, -0.1) is 0 Å². The zero-order chi connectivity index (χ0) is 12.0. The van der Waals surface area contributed by atoms with Crippen LogP contribution in [0.3, 0.4) is 0 Å². The summed E-state index contributed by atoms with van der Waals surface area (Å²) in [6.45, 7) is 6.48. The van der Waals surface area contributed by atoms with Gasteiger partial charge in [0.05, 0.1) is 0 Å². The molecule has 0 radical (unpaired) electrons. The second-order valence-electron chi connectivity index (χ2n) is 3.86. The van der Waals surface area contributed by atoms with Gasteiger partial charge in [-0.2, -0.15) is 0 Å². The Labute approximate surface area is 96.8 Å². The normalized spacial score (nSPS) is 11.9. The van der Waals surface area contributed by atoms with E-state index in [4.69, 9.17) is 4.74 Å². The Hall–Kier alpha value is -1.51. The van der Waals surface area contributed by atoms with Gasteiger partial charge < -0.3 is 10.1 Å². The van der Waals surface area contributed by atoms with Crippen molar-refractivity contribution in [2.75, 3.05) is 6.54 Å². The highest BCUT2D eigenvalue weighted by atomic mass is 16.5. The monoisotopic (exact) mass is 221 g/mol. The highest BCUT2D eigenvalue weighted by Crippen LogP contribution is 2.13. The number of amides is 1. The van der Waals surface area contributed by atoms with Gasteiger partial charge in [-0.1, -0.05) is 24.6 Å². The molecular formula is C13H19NO2. The van der Waals surface area contributed by atoms with E-state index in [0.717, 1.165) is 12.2 Å². The van der Waals surface area contributed by atoms with Crippen LogP contribution < -0.4 is 10.1 Å². The molecule has 0 bridgehead atoms. The third kappa shape index (κ3) is 3.93. The fourth-order valence-corrected chi connectivity index (χ4v) is 1.27. The molecule has 1 unspecified atom stereocenters. The van der Waals surface area contributed by atoms with Crippen molar-refractivity contribution < 1.29 is 9.53 Å². The molecule has 0 spiro atoms. The molecule has 1 atom stereocenters. The summed E-state index contributed by atoms with van der Waals surface area (Å²) in [5.41, 5.74) is 1.18. The first-order chi connectivity index (χ1) is 7.63. The van der Waals surface area contributed by atoms with Crippen LogP contribution in [0.25, 0.3) is 0 Å². The van der Waals surface area contributed by atoms with E-state index in [-0.39, 0.29) is 5.91 Å². The maximum absolute atomic E-state index is 11.5. The van der Waals surface area contributed by atoms with E-state index < -0.39 is 6.10 Å². The average Bonchev–Trinajstić information content (AvgIpc) is 2.29. The molecule has 1 rings (SSSR count). The van der Waals surface area contributed by atoms with Gasteiger partial charge in [0.1, 0.15) is 5.75 Å². The van der Waals surface area contributed by atoms with E-state index in [1.807, 2.05) is 38.1 Å². The Morgan fingerprint density at radius 2 is 2.00 bits per heavy atom. The van der Waals surface area contributed by atoms with Crippen molar-refractivity contribution in [3.8, 4) is 5.75 Å². The van der Waals surface area contributed by atoms with Crippen LogP contribution in [0.4, 0.5) is 0 Å². The van der Waals surface area contributed by atoms with Crippen LogP contribution in [-0.4, -0.2) is 18.6 Å². The average molecular weight is 221 g/mol. The van der Waals surface area contributed by atoms with Gasteiger partial charge in [0, 0.05) is 6.54 Å². The van der Waals surface area contributed by atoms with Crippen molar-refractivity contribution in [2.45, 2.75) is 33.3 Å². The number of carbonyl (C=O) groups excluding carboxylic acids is 1. The van der Waals surface area contributed by atoms with Crippen LogP contribution in [0.1, 0.15) is 25.8 Å². The zero-order valence-corrected chi connectivity index (χ0v) is 10.1. The van der Waals surface area contributed by atoms with E-state index >= 15 is 0 Å². The van der Waals surface area contributed by atoms with Gasteiger partial charge in [0.2, 0.25) is 0 Å². The lowest BCUT2D eigenvalue weighted by molar-refractivity contribution is -0.127. The van der Waals surface area contributed by atoms with Crippen molar-refractivity contribution in [1.29, 1.82) is 0 Å². The third-order valence-corrected chi connectivity index (χ3v) is 2.25. The van der Waals surface area contributed by atoms with Crippen molar-refractivity contribution in [3.05, 3.63) is 29.8 Å². The Balaban J connectivity index is 2.47. The van der Waals surface area contributed by atoms with E-state index in [1.54, 1.807) is 6.92 Å². The molecule has 0 aliphatic heterocycles.